The fourth-order valence-corrected chi connectivity index (χ4v) is 1.11. The Morgan fingerprint density at radius 2 is 2.00 bits per heavy atom. The van der Waals surface area contributed by atoms with Gasteiger partial charge in [0, 0.05) is 6.42 Å². The van der Waals surface area contributed by atoms with E-state index in [4.69, 9.17) is 5.11 Å². The number of hydrogen-bond acceptors (Lipinski definition) is 5. The van der Waals surface area contributed by atoms with E-state index in [0.717, 1.165) is 0 Å². The highest BCUT2D eigenvalue weighted by atomic mass is 16.5. The number of hydrogen-bond donors (Lipinski definition) is 3. The van der Waals surface area contributed by atoms with Crippen LogP contribution in [0.15, 0.2) is 0 Å². The largest absolute Gasteiger partial charge is 0.480 e. The molecule has 0 aromatic rings. The van der Waals surface area contributed by atoms with Crippen LogP contribution in [0.2, 0.25) is 0 Å². The molecule has 0 aromatic carbocycles. The minimum absolute atomic E-state index is 0.0138. The van der Waals surface area contributed by atoms with E-state index in [-0.39, 0.29) is 19.4 Å². The molecule has 0 saturated carbocycles. The van der Waals surface area contributed by atoms with Crippen molar-refractivity contribution in [2.75, 3.05) is 20.2 Å². The lowest BCUT2D eigenvalue weighted by Gasteiger charge is -2.13. The Morgan fingerprint density at radius 1 is 1.35 bits per heavy atom. The fraction of sp³-hybridized carbons (Fsp3) is 0.700. The van der Waals surface area contributed by atoms with Crippen LogP contribution in [0.3, 0.4) is 0 Å². The van der Waals surface area contributed by atoms with Gasteiger partial charge in [0.15, 0.2) is 0 Å². The molecule has 0 unspecified atom stereocenters. The van der Waals surface area contributed by atoms with E-state index in [1.54, 1.807) is 0 Å². The molecule has 0 rings (SSSR count). The van der Waals surface area contributed by atoms with Crippen molar-refractivity contribution >= 4 is 17.8 Å². The van der Waals surface area contributed by atoms with Crippen LogP contribution in [0, 0.1) is 0 Å². The van der Waals surface area contributed by atoms with Crippen molar-refractivity contribution in [3.05, 3.63) is 0 Å². The summed E-state index contributed by atoms with van der Waals surface area (Å²) in [5, 5.41) is 13.9. The van der Waals surface area contributed by atoms with Crippen LogP contribution in [0.1, 0.15) is 19.8 Å². The number of carbonyl (C=O) groups is 3. The number of likely N-dealkylation sites (N-methyl/N-ethyl adjacent to an activating group) is 1. The lowest BCUT2D eigenvalue weighted by atomic mass is 10.1. The number of ether oxygens (including phenoxy) is 1. The fourth-order valence-electron chi connectivity index (χ4n) is 1.11. The topological polar surface area (TPSA) is 105 Å². The van der Waals surface area contributed by atoms with E-state index >= 15 is 0 Å². The number of amides is 1. The Hall–Kier alpha value is -1.63. The molecular weight excluding hydrogens is 228 g/mol. The van der Waals surface area contributed by atoms with Gasteiger partial charge in [0.25, 0.3) is 0 Å². The van der Waals surface area contributed by atoms with Crippen molar-refractivity contribution < 1.29 is 24.2 Å². The molecule has 0 aromatic heterocycles. The Bertz CT molecular complexity index is 280. The molecule has 0 aliphatic carbocycles. The lowest BCUT2D eigenvalue weighted by molar-refractivity contribution is -0.144. The smallest absolute Gasteiger partial charge is 0.326 e. The van der Waals surface area contributed by atoms with Crippen LogP contribution in [-0.2, 0) is 19.1 Å². The zero-order valence-electron chi connectivity index (χ0n) is 9.99. The predicted octanol–water partition coefficient (Wildman–Crippen LogP) is -0.881. The number of carboxylic acid groups (broad SMARTS) is 1. The Kier molecular flexibility index (Phi) is 7.70. The molecule has 0 aliphatic rings. The second kappa shape index (κ2) is 8.51. The summed E-state index contributed by atoms with van der Waals surface area (Å²) in [4.78, 5) is 33.0. The summed E-state index contributed by atoms with van der Waals surface area (Å²) in [6.07, 6.45) is -0.0329. The molecule has 0 radical (unpaired) electrons. The normalized spacial score (nSPS) is 11.6. The first-order valence-electron chi connectivity index (χ1n) is 5.31. The van der Waals surface area contributed by atoms with Crippen molar-refractivity contribution in [2.24, 2.45) is 0 Å². The molecule has 7 heteroatoms. The summed E-state index contributed by atoms with van der Waals surface area (Å²) in [7, 11) is 1.22. The molecule has 0 bridgehead atoms. The van der Waals surface area contributed by atoms with Gasteiger partial charge >= 0.3 is 11.9 Å². The summed E-state index contributed by atoms with van der Waals surface area (Å²) < 4.78 is 4.39. The summed E-state index contributed by atoms with van der Waals surface area (Å²) in [5.41, 5.74) is 0. The monoisotopic (exact) mass is 246 g/mol. The third kappa shape index (κ3) is 7.29. The van der Waals surface area contributed by atoms with Crippen molar-refractivity contribution in [3.63, 3.8) is 0 Å². The Morgan fingerprint density at radius 3 is 2.47 bits per heavy atom. The third-order valence-corrected chi connectivity index (χ3v) is 2.03. The number of rotatable bonds is 8. The third-order valence-electron chi connectivity index (χ3n) is 2.03. The van der Waals surface area contributed by atoms with Gasteiger partial charge in [-0.05, 0) is 13.0 Å². The van der Waals surface area contributed by atoms with Gasteiger partial charge in [-0.1, -0.05) is 6.92 Å². The average molecular weight is 246 g/mol. The summed E-state index contributed by atoms with van der Waals surface area (Å²) >= 11 is 0. The van der Waals surface area contributed by atoms with Gasteiger partial charge in [0.05, 0.1) is 13.7 Å². The standard InChI is InChI=1S/C10H18N2O5/c1-3-11-6-8(13)12-7(10(15)16)4-5-9(14)17-2/h7,11H,3-6H2,1-2H3,(H,12,13)(H,15,16)/t7-/m0/s1. The van der Waals surface area contributed by atoms with Crippen LogP contribution < -0.4 is 10.6 Å². The van der Waals surface area contributed by atoms with Gasteiger partial charge in [-0.3, -0.25) is 9.59 Å². The van der Waals surface area contributed by atoms with E-state index < -0.39 is 23.9 Å². The molecule has 0 heterocycles. The molecule has 3 N–H and O–H groups in total. The summed E-state index contributed by atoms with van der Waals surface area (Å²) in [5.74, 6) is -2.08. The predicted molar refractivity (Wildman–Crippen MR) is 59.4 cm³/mol. The maximum absolute atomic E-state index is 11.3. The van der Waals surface area contributed by atoms with Crippen molar-refractivity contribution in [2.45, 2.75) is 25.8 Å². The van der Waals surface area contributed by atoms with E-state index in [2.05, 4.69) is 15.4 Å². The quantitative estimate of drug-likeness (QED) is 0.480. The zero-order chi connectivity index (χ0) is 13.3. The SMILES string of the molecule is CCNCC(=O)N[C@@H](CCC(=O)OC)C(=O)O. The number of carboxylic acids is 1. The highest BCUT2D eigenvalue weighted by Gasteiger charge is 2.20. The van der Waals surface area contributed by atoms with Crippen LogP contribution in [-0.4, -0.2) is 49.2 Å². The minimum atomic E-state index is -1.17. The van der Waals surface area contributed by atoms with Gasteiger partial charge in [-0.2, -0.15) is 0 Å². The van der Waals surface area contributed by atoms with Crippen molar-refractivity contribution in [1.82, 2.24) is 10.6 Å². The number of methoxy groups -OCH3 is 1. The Balaban J connectivity index is 4.10. The number of nitrogens with one attached hydrogen (secondary N) is 2. The number of carbonyl (C=O) groups excluding carboxylic acids is 2. The van der Waals surface area contributed by atoms with Gasteiger partial charge in [0.1, 0.15) is 6.04 Å². The molecule has 98 valence electrons. The number of esters is 1. The van der Waals surface area contributed by atoms with Crippen LogP contribution in [0.5, 0.6) is 0 Å². The van der Waals surface area contributed by atoms with Crippen LogP contribution >= 0.6 is 0 Å². The minimum Gasteiger partial charge on any atom is -0.480 e. The number of aliphatic carboxylic acids is 1. The van der Waals surface area contributed by atoms with Crippen molar-refractivity contribution in [3.8, 4) is 0 Å². The van der Waals surface area contributed by atoms with Gasteiger partial charge < -0.3 is 20.5 Å². The first-order valence-corrected chi connectivity index (χ1v) is 5.31. The molecule has 0 spiro atoms. The van der Waals surface area contributed by atoms with E-state index in [1.807, 2.05) is 6.92 Å². The molecule has 1 amide bonds. The highest BCUT2D eigenvalue weighted by molar-refractivity contribution is 5.85. The summed E-state index contributed by atoms with van der Waals surface area (Å²) in [6.45, 7) is 2.50. The van der Waals surface area contributed by atoms with Crippen LogP contribution in [0.25, 0.3) is 0 Å². The van der Waals surface area contributed by atoms with Gasteiger partial charge in [0.2, 0.25) is 5.91 Å². The van der Waals surface area contributed by atoms with E-state index in [0.29, 0.717) is 6.54 Å². The summed E-state index contributed by atoms with van der Waals surface area (Å²) in [6, 6.07) is -1.07. The lowest BCUT2D eigenvalue weighted by Crippen LogP contribution is -2.44. The molecular formula is C10H18N2O5. The molecule has 0 saturated heterocycles. The molecule has 7 nitrogen and oxygen atoms in total. The highest BCUT2D eigenvalue weighted by Crippen LogP contribution is 1.99. The molecule has 17 heavy (non-hydrogen) atoms. The van der Waals surface area contributed by atoms with Crippen molar-refractivity contribution in [1.29, 1.82) is 0 Å². The first-order chi connectivity index (χ1) is 8.01. The van der Waals surface area contributed by atoms with E-state index in [9.17, 15) is 14.4 Å². The van der Waals surface area contributed by atoms with Gasteiger partial charge in [-0.25, -0.2) is 4.79 Å². The average Bonchev–Trinajstić information content (AvgIpc) is 2.30. The maximum Gasteiger partial charge on any atom is 0.326 e. The van der Waals surface area contributed by atoms with Crippen LogP contribution in [0.4, 0.5) is 0 Å². The second-order valence-corrected chi connectivity index (χ2v) is 3.35. The molecule has 1 atom stereocenters. The first kappa shape index (κ1) is 15.4. The Labute approximate surface area is 99.5 Å². The van der Waals surface area contributed by atoms with Gasteiger partial charge in [-0.15, -0.1) is 0 Å². The second-order valence-electron chi connectivity index (χ2n) is 3.35. The van der Waals surface area contributed by atoms with E-state index in [1.165, 1.54) is 7.11 Å². The molecule has 0 aliphatic heterocycles. The maximum atomic E-state index is 11.3. The zero-order valence-corrected chi connectivity index (χ0v) is 9.99. The molecule has 0 fully saturated rings.